The highest BCUT2D eigenvalue weighted by Gasteiger charge is 2.27. The quantitative estimate of drug-likeness (QED) is 0.746. The Labute approximate surface area is 145 Å². The summed E-state index contributed by atoms with van der Waals surface area (Å²) in [6.45, 7) is 0.656. The van der Waals surface area contributed by atoms with E-state index in [-0.39, 0.29) is 29.6 Å². The average molecular weight is 375 g/mol. The second-order valence-corrected chi connectivity index (χ2v) is 7.51. The van der Waals surface area contributed by atoms with Crippen LogP contribution in [-0.4, -0.2) is 38.0 Å². The van der Waals surface area contributed by atoms with Crippen molar-refractivity contribution in [3.05, 3.63) is 58.3 Å². The summed E-state index contributed by atoms with van der Waals surface area (Å²) in [6.07, 6.45) is 3.23. The molecule has 0 aliphatic carbocycles. The van der Waals surface area contributed by atoms with Crippen LogP contribution in [0.15, 0.2) is 47.6 Å². The minimum Gasteiger partial charge on any atom is -0.383 e. The molecular formula is C15H16Cl2N2O3S. The van der Waals surface area contributed by atoms with Crippen LogP contribution >= 0.6 is 23.2 Å². The maximum Gasteiger partial charge on any atom is 0.244 e. The third kappa shape index (κ3) is 4.65. The van der Waals surface area contributed by atoms with Gasteiger partial charge < -0.3 is 4.74 Å². The lowest BCUT2D eigenvalue weighted by Crippen LogP contribution is -2.33. The summed E-state index contributed by atoms with van der Waals surface area (Å²) >= 11 is 12.0. The Balaban J connectivity index is 2.38. The van der Waals surface area contributed by atoms with Crippen molar-refractivity contribution in [3.8, 4) is 0 Å². The van der Waals surface area contributed by atoms with Crippen molar-refractivity contribution in [3.63, 3.8) is 0 Å². The number of aromatic nitrogens is 1. The zero-order valence-electron chi connectivity index (χ0n) is 12.4. The number of ether oxygens (including phenoxy) is 1. The first-order valence-electron chi connectivity index (χ1n) is 6.78. The van der Waals surface area contributed by atoms with Gasteiger partial charge >= 0.3 is 0 Å². The SMILES string of the molecule is COCCN(Cc1ccncc1)S(=O)(=O)c1cc(Cl)ccc1Cl. The monoisotopic (exact) mass is 374 g/mol. The van der Waals surface area contributed by atoms with E-state index in [1.54, 1.807) is 30.6 Å². The highest BCUT2D eigenvalue weighted by Crippen LogP contribution is 2.28. The topological polar surface area (TPSA) is 59.5 Å². The van der Waals surface area contributed by atoms with Crippen molar-refractivity contribution >= 4 is 33.2 Å². The van der Waals surface area contributed by atoms with Crippen LogP contribution in [0.2, 0.25) is 10.0 Å². The number of sulfonamides is 1. The van der Waals surface area contributed by atoms with Crippen LogP contribution in [0.5, 0.6) is 0 Å². The van der Waals surface area contributed by atoms with Crippen LogP contribution in [-0.2, 0) is 21.3 Å². The minimum atomic E-state index is -3.81. The lowest BCUT2D eigenvalue weighted by Gasteiger charge is -2.22. The minimum absolute atomic E-state index is 0.0168. The largest absolute Gasteiger partial charge is 0.383 e. The van der Waals surface area contributed by atoms with Gasteiger partial charge in [-0.15, -0.1) is 0 Å². The molecular weight excluding hydrogens is 359 g/mol. The normalized spacial score (nSPS) is 11.8. The molecule has 0 radical (unpaired) electrons. The predicted octanol–water partition coefficient (Wildman–Crippen LogP) is 3.23. The summed E-state index contributed by atoms with van der Waals surface area (Å²) in [5.41, 5.74) is 0.817. The fourth-order valence-electron chi connectivity index (χ4n) is 1.98. The molecule has 1 aromatic heterocycles. The molecule has 0 aliphatic rings. The summed E-state index contributed by atoms with van der Waals surface area (Å²) in [5.74, 6) is 0. The number of hydrogen-bond donors (Lipinski definition) is 0. The summed E-state index contributed by atoms with van der Waals surface area (Å²) in [5, 5.41) is 0.440. The first-order valence-corrected chi connectivity index (χ1v) is 8.98. The Morgan fingerprint density at radius 2 is 1.87 bits per heavy atom. The van der Waals surface area contributed by atoms with Crippen molar-refractivity contribution in [2.75, 3.05) is 20.3 Å². The number of methoxy groups -OCH3 is 1. The van der Waals surface area contributed by atoms with Gasteiger partial charge in [-0.1, -0.05) is 23.2 Å². The van der Waals surface area contributed by atoms with E-state index in [9.17, 15) is 8.42 Å². The van der Waals surface area contributed by atoms with Gasteiger partial charge in [-0.25, -0.2) is 8.42 Å². The van der Waals surface area contributed by atoms with Crippen LogP contribution in [0.25, 0.3) is 0 Å². The van der Waals surface area contributed by atoms with Gasteiger partial charge in [0.05, 0.1) is 11.6 Å². The standard InChI is InChI=1S/C15H16Cl2N2O3S/c1-22-9-8-19(11-12-4-6-18-7-5-12)23(20,21)15-10-13(16)2-3-14(15)17/h2-7,10H,8-9,11H2,1H3. The van der Waals surface area contributed by atoms with Crippen molar-refractivity contribution in [1.29, 1.82) is 0 Å². The van der Waals surface area contributed by atoms with Gasteiger partial charge in [-0.05, 0) is 35.9 Å². The fraction of sp³-hybridized carbons (Fsp3) is 0.267. The average Bonchev–Trinajstić information content (AvgIpc) is 2.54. The number of hydrogen-bond acceptors (Lipinski definition) is 4. The van der Waals surface area contributed by atoms with Crippen molar-refractivity contribution < 1.29 is 13.2 Å². The maximum atomic E-state index is 12.9. The van der Waals surface area contributed by atoms with Crippen LogP contribution in [0.4, 0.5) is 0 Å². The summed E-state index contributed by atoms with van der Waals surface area (Å²) in [4.78, 5) is 3.91. The van der Waals surface area contributed by atoms with Crippen LogP contribution in [0, 0.1) is 0 Å². The number of nitrogens with zero attached hydrogens (tertiary/aromatic N) is 2. The molecule has 5 nitrogen and oxygen atoms in total. The zero-order valence-corrected chi connectivity index (χ0v) is 14.8. The summed E-state index contributed by atoms with van der Waals surface area (Å²) in [6, 6.07) is 7.89. The first-order chi connectivity index (χ1) is 10.9. The molecule has 0 fully saturated rings. The molecule has 0 saturated heterocycles. The van der Waals surface area contributed by atoms with Gasteiger partial charge in [-0.2, -0.15) is 4.31 Å². The molecule has 0 saturated carbocycles. The van der Waals surface area contributed by atoms with E-state index in [1.165, 1.54) is 23.5 Å². The predicted molar refractivity (Wildman–Crippen MR) is 90.2 cm³/mol. The van der Waals surface area contributed by atoms with Crippen molar-refractivity contribution in [2.45, 2.75) is 11.4 Å². The van der Waals surface area contributed by atoms with E-state index >= 15 is 0 Å². The molecule has 0 atom stereocenters. The zero-order chi connectivity index (χ0) is 16.9. The van der Waals surface area contributed by atoms with Gasteiger partial charge in [-0.3, -0.25) is 4.98 Å². The van der Waals surface area contributed by atoms with Crippen LogP contribution in [0.3, 0.4) is 0 Å². The first kappa shape index (κ1) is 18.2. The van der Waals surface area contributed by atoms with Gasteiger partial charge in [0.15, 0.2) is 0 Å². The molecule has 23 heavy (non-hydrogen) atoms. The van der Waals surface area contributed by atoms with Gasteiger partial charge in [0.25, 0.3) is 0 Å². The number of benzene rings is 1. The van der Waals surface area contributed by atoms with Crippen LogP contribution in [0.1, 0.15) is 5.56 Å². The van der Waals surface area contributed by atoms with Crippen molar-refractivity contribution in [2.24, 2.45) is 0 Å². The molecule has 1 heterocycles. The molecule has 0 amide bonds. The van der Waals surface area contributed by atoms with E-state index in [0.717, 1.165) is 5.56 Å². The second kappa shape index (κ2) is 8.08. The van der Waals surface area contributed by atoms with Gasteiger partial charge in [0.2, 0.25) is 10.0 Å². The third-order valence-electron chi connectivity index (χ3n) is 3.16. The Hall–Kier alpha value is -1.18. The van der Waals surface area contributed by atoms with E-state index in [1.807, 2.05) is 0 Å². The Morgan fingerprint density at radius 1 is 1.17 bits per heavy atom. The molecule has 0 unspecified atom stereocenters. The van der Waals surface area contributed by atoms with Crippen LogP contribution < -0.4 is 0 Å². The highest BCUT2D eigenvalue weighted by atomic mass is 35.5. The number of pyridine rings is 1. The molecule has 2 aromatic rings. The number of halogens is 2. The highest BCUT2D eigenvalue weighted by molar-refractivity contribution is 7.89. The van der Waals surface area contributed by atoms with Crippen molar-refractivity contribution in [1.82, 2.24) is 9.29 Å². The van der Waals surface area contributed by atoms with E-state index in [2.05, 4.69) is 4.98 Å². The molecule has 1 aromatic carbocycles. The van der Waals surface area contributed by atoms with E-state index in [0.29, 0.717) is 5.02 Å². The maximum absolute atomic E-state index is 12.9. The van der Waals surface area contributed by atoms with E-state index in [4.69, 9.17) is 27.9 Å². The molecule has 0 bridgehead atoms. The molecule has 8 heteroatoms. The second-order valence-electron chi connectivity index (χ2n) is 4.76. The molecule has 0 N–H and O–H groups in total. The Bertz CT molecular complexity index is 755. The molecule has 2 rings (SSSR count). The summed E-state index contributed by atoms with van der Waals surface area (Å²) in [7, 11) is -2.29. The number of rotatable bonds is 7. The molecule has 0 aliphatic heterocycles. The molecule has 124 valence electrons. The smallest absolute Gasteiger partial charge is 0.244 e. The van der Waals surface area contributed by atoms with Gasteiger partial charge in [0.1, 0.15) is 4.90 Å². The molecule has 0 spiro atoms. The summed E-state index contributed by atoms with van der Waals surface area (Å²) < 4.78 is 32.2. The fourth-order valence-corrected chi connectivity index (χ4v) is 4.13. The Kier molecular flexibility index (Phi) is 6.38. The Morgan fingerprint density at radius 3 is 2.52 bits per heavy atom. The van der Waals surface area contributed by atoms with E-state index < -0.39 is 10.0 Å². The lowest BCUT2D eigenvalue weighted by molar-refractivity contribution is 0.177. The third-order valence-corrected chi connectivity index (χ3v) is 5.73. The lowest BCUT2D eigenvalue weighted by atomic mass is 10.3. The van der Waals surface area contributed by atoms with Gasteiger partial charge in [0, 0.05) is 37.6 Å².